The summed E-state index contributed by atoms with van der Waals surface area (Å²) in [5.41, 5.74) is 3.74. The lowest BCUT2D eigenvalue weighted by molar-refractivity contribution is 0.0645. The van der Waals surface area contributed by atoms with E-state index in [-0.39, 0.29) is 17.7 Å². The molecule has 0 N–H and O–H groups in total. The molecule has 6 rings (SSSR count). The Morgan fingerprint density at radius 2 is 1.57 bits per heavy atom. The molecule has 0 atom stereocenters. The van der Waals surface area contributed by atoms with Crippen molar-refractivity contribution in [1.82, 2.24) is 24.8 Å². The molecule has 0 saturated carbocycles. The standard InChI is InChI=1S/C33H35N5O3S/c1-24-29(30(35-41-24)26-12-6-3-7-13-26)33(40)37-17-14-27(15-18-37)31-34-28(23-42-31)32(39)38-21-19-36(20-22-38)16-8-11-25-9-4-2-5-10-25/h2-13,23,27H,14-22H2,1H3/b11-8-. The predicted octanol–water partition coefficient (Wildman–Crippen LogP) is 5.60. The maximum atomic E-state index is 13.5. The first-order chi connectivity index (χ1) is 20.6. The summed E-state index contributed by atoms with van der Waals surface area (Å²) >= 11 is 1.56. The van der Waals surface area contributed by atoms with Gasteiger partial charge in [-0.2, -0.15) is 0 Å². The highest BCUT2D eigenvalue weighted by Crippen LogP contribution is 2.33. The van der Waals surface area contributed by atoms with Crippen LogP contribution in [0.4, 0.5) is 0 Å². The van der Waals surface area contributed by atoms with Gasteiger partial charge in [0.05, 0.1) is 5.01 Å². The third-order valence-corrected chi connectivity index (χ3v) is 9.14. The van der Waals surface area contributed by atoms with E-state index in [4.69, 9.17) is 9.51 Å². The number of piperazine rings is 1. The van der Waals surface area contributed by atoms with E-state index in [1.807, 2.05) is 63.7 Å². The van der Waals surface area contributed by atoms with E-state index in [0.29, 0.717) is 48.9 Å². The Morgan fingerprint density at radius 1 is 0.905 bits per heavy atom. The van der Waals surface area contributed by atoms with Crippen LogP contribution in [0.1, 0.15) is 55.9 Å². The first-order valence-corrected chi connectivity index (χ1v) is 15.4. The Hall–Kier alpha value is -4.08. The number of amides is 2. The average molecular weight is 582 g/mol. The number of benzene rings is 2. The number of carbonyl (C=O) groups excluding carboxylic acids is 2. The zero-order chi connectivity index (χ0) is 28.9. The van der Waals surface area contributed by atoms with E-state index < -0.39 is 0 Å². The molecule has 2 amide bonds. The van der Waals surface area contributed by atoms with Crippen molar-refractivity contribution in [2.75, 3.05) is 45.8 Å². The minimum atomic E-state index is -0.0456. The van der Waals surface area contributed by atoms with Gasteiger partial charge in [0.25, 0.3) is 11.8 Å². The Balaban J connectivity index is 1.00. The lowest BCUT2D eigenvalue weighted by Crippen LogP contribution is -2.48. The van der Waals surface area contributed by atoms with Crippen molar-refractivity contribution in [2.45, 2.75) is 25.7 Å². The van der Waals surface area contributed by atoms with Crippen molar-refractivity contribution in [3.63, 3.8) is 0 Å². The van der Waals surface area contributed by atoms with Gasteiger partial charge in [0.15, 0.2) is 0 Å². The fraction of sp³-hybridized carbons (Fsp3) is 0.333. The van der Waals surface area contributed by atoms with Crippen LogP contribution in [0, 0.1) is 6.92 Å². The van der Waals surface area contributed by atoms with Gasteiger partial charge >= 0.3 is 0 Å². The second-order valence-corrected chi connectivity index (χ2v) is 11.8. The normalized spacial score (nSPS) is 16.8. The molecular weight excluding hydrogens is 546 g/mol. The number of rotatable bonds is 7. The van der Waals surface area contributed by atoms with Crippen molar-refractivity contribution in [3.8, 4) is 11.3 Å². The number of aryl methyl sites for hydroxylation is 1. The number of piperidine rings is 1. The number of carbonyl (C=O) groups is 2. The summed E-state index contributed by atoms with van der Waals surface area (Å²) in [7, 11) is 0. The zero-order valence-corrected chi connectivity index (χ0v) is 24.6. The van der Waals surface area contributed by atoms with Crippen LogP contribution in [-0.2, 0) is 0 Å². The third-order valence-electron chi connectivity index (χ3n) is 8.13. The quantitative estimate of drug-likeness (QED) is 0.283. The van der Waals surface area contributed by atoms with Gasteiger partial charge in [0.1, 0.15) is 22.7 Å². The maximum absolute atomic E-state index is 13.5. The van der Waals surface area contributed by atoms with E-state index in [1.54, 1.807) is 18.3 Å². The fourth-order valence-corrected chi connectivity index (χ4v) is 6.64. The highest BCUT2D eigenvalue weighted by atomic mass is 32.1. The van der Waals surface area contributed by atoms with Crippen molar-refractivity contribution >= 4 is 29.2 Å². The molecule has 0 unspecified atom stereocenters. The van der Waals surface area contributed by atoms with Gasteiger partial charge in [-0.25, -0.2) is 4.98 Å². The van der Waals surface area contributed by atoms with Crippen LogP contribution in [0.25, 0.3) is 17.3 Å². The van der Waals surface area contributed by atoms with E-state index in [1.165, 1.54) is 5.56 Å². The summed E-state index contributed by atoms with van der Waals surface area (Å²) in [4.78, 5) is 37.7. The molecule has 2 fully saturated rings. The summed E-state index contributed by atoms with van der Waals surface area (Å²) in [6, 6.07) is 20.0. The van der Waals surface area contributed by atoms with Gasteiger partial charge in [-0.15, -0.1) is 11.3 Å². The molecule has 2 aliphatic rings. The number of thiazole rings is 1. The Labute approximate surface area is 250 Å². The van der Waals surface area contributed by atoms with Crippen LogP contribution in [0.15, 0.2) is 76.6 Å². The van der Waals surface area contributed by atoms with Gasteiger partial charge in [-0.1, -0.05) is 78.0 Å². The minimum absolute atomic E-state index is 0.0148. The van der Waals surface area contributed by atoms with Crippen molar-refractivity contribution in [1.29, 1.82) is 0 Å². The zero-order valence-electron chi connectivity index (χ0n) is 23.8. The molecule has 0 aliphatic carbocycles. The largest absolute Gasteiger partial charge is 0.360 e. The number of likely N-dealkylation sites (tertiary alicyclic amines) is 1. The van der Waals surface area contributed by atoms with Gasteiger partial charge in [-0.05, 0) is 25.3 Å². The van der Waals surface area contributed by atoms with Crippen molar-refractivity contribution < 1.29 is 14.1 Å². The molecule has 9 heteroatoms. The molecule has 42 heavy (non-hydrogen) atoms. The molecule has 2 aliphatic heterocycles. The van der Waals surface area contributed by atoms with E-state index in [2.05, 4.69) is 34.3 Å². The smallest absolute Gasteiger partial charge is 0.273 e. The van der Waals surface area contributed by atoms with Crippen LogP contribution in [0.2, 0.25) is 0 Å². The number of nitrogens with zero attached hydrogens (tertiary/aromatic N) is 5. The summed E-state index contributed by atoms with van der Waals surface area (Å²) in [5.74, 6) is 0.747. The molecule has 216 valence electrons. The minimum Gasteiger partial charge on any atom is -0.360 e. The van der Waals surface area contributed by atoms with Crippen LogP contribution in [0.3, 0.4) is 0 Å². The highest BCUT2D eigenvalue weighted by Gasteiger charge is 2.31. The Morgan fingerprint density at radius 3 is 2.29 bits per heavy atom. The number of aromatic nitrogens is 2. The van der Waals surface area contributed by atoms with Gasteiger partial charge in [0, 0.05) is 62.7 Å². The van der Waals surface area contributed by atoms with Crippen LogP contribution in [0.5, 0.6) is 0 Å². The van der Waals surface area contributed by atoms with E-state index in [0.717, 1.165) is 43.0 Å². The van der Waals surface area contributed by atoms with Crippen LogP contribution in [-0.4, -0.2) is 82.5 Å². The van der Waals surface area contributed by atoms with E-state index in [9.17, 15) is 9.59 Å². The van der Waals surface area contributed by atoms with Gasteiger partial charge in [-0.3, -0.25) is 14.5 Å². The summed E-state index contributed by atoms with van der Waals surface area (Å²) in [5, 5.41) is 7.07. The van der Waals surface area contributed by atoms with Crippen molar-refractivity contribution in [3.05, 3.63) is 99.7 Å². The second-order valence-electron chi connectivity index (χ2n) is 10.9. The SMILES string of the molecule is Cc1onc(-c2ccccc2)c1C(=O)N1CCC(c2nc(C(=O)N3CCN(C/C=C\c4ccccc4)CC3)cs2)CC1. The van der Waals surface area contributed by atoms with Gasteiger partial charge < -0.3 is 14.3 Å². The second kappa shape index (κ2) is 12.8. The molecule has 4 aromatic rings. The molecule has 0 spiro atoms. The number of hydrogen-bond donors (Lipinski definition) is 0. The summed E-state index contributed by atoms with van der Waals surface area (Å²) < 4.78 is 5.42. The predicted molar refractivity (Wildman–Crippen MR) is 164 cm³/mol. The topological polar surface area (TPSA) is 82.8 Å². The molecular formula is C33H35N5O3S. The van der Waals surface area contributed by atoms with Gasteiger partial charge in [0.2, 0.25) is 0 Å². The van der Waals surface area contributed by atoms with Crippen molar-refractivity contribution in [2.24, 2.45) is 0 Å². The molecule has 0 radical (unpaired) electrons. The highest BCUT2D eigenvalue weighted by molar-refractivity contribution is 7.09. The Kier molecular flexibility index (Phi) is 8.58. The first kappa shape index (κ1) is 28.1. The molecule has 4 heterocycles. The first-order valence-electron chi connectivity index (χ1n) is 14.6. The molecule has 0 bridgehead atoms. The lowest BCUT2D eigenvalue weighted by atomic mass is 9.96. The average Bonchev–Trinajstić information content (AvgIpc) is 3.69. The maximum Gasteiger partial charge on any atom is 0.273 e. The molecule has 8 nitrogen and oxygen atoms in total. The van der Waals surface area contributed by atoms with E-state index >= 15 is 0 Å². The third kappa shape index (κ3) is 6.22. The monoisotopic (exact) mass is 581 g/mol. The molecule has 2 saturated heterocycles. The lowest BCUT2D eigenvalue weighted by Gasteiger charge is -2.33. The number of hydrogen-bond acceptors (Lipinski definition) is 7. The Bertz CT molecular complexity index is 1530. The van der Waals surface area contributed by atoms with Crippen LogP contribution >= 0.6 is 11.3 Å². The molecule has 2 aromatic carbocycles. The molecule has 2 aromatic heterocycles. The fourth-order valence-electron chi connectivity index (χ4n) is 5.68. The summed E-state index contributed by atoms with van der Waals surface area (Å²) in [6.45, 7) is 7.05. The van der Waals surface area contributed by atoms with Crippen LogP contribution < -0.4 is 0 Å². The summed E-state index contributed by atoms with van der Waals surface area (Å²) in [6.07, 6.45) is 5.96.